The van der Waals surface area contributed by atoms with Gasteiger partial charge in [-0.2, -0.15) is 13.2 Å². The van der Waals surface area contributed by atoms with Gasteiger partial charge >= 0.3 is 6.18 Å². The number of nitrogens with zero attached hydrogens (tertiary/aromatic N) is 2. The molecule has 0 bridgehead atoms. The fraction of sp³-hybridized carbons (Fsp3) is 0.417. The molecule has 0 heterocycles. The van der Waals surface area contributed by atoms with E-state index >= 15 is 0 Å². The number of benzene rings is 1. The molecule has 0 fully saturated rings. The Morgan fingerprint density at radius 2 is 2.00 bits per heavy atom. The Labute approximate surface area is 113 Å². The molecule has 0 radical (unpaired) electrons. The monoisotopic (exact) mass is 290 g/mol. The van der Waals surface area contributed by atoms with Crippen molar-refractivity contribution in [3.05, 3.63) is 33.9 Å². The van der Waals surface area contributed by atoms with Gasteiger partial charge in [0.25, 0.3) is 5.69 Å². The average Bonchev–Trinajstić information content (AvgIpc) is 2.34. The number of halogens is 3. The summed E-state index contributed by atoms with van der Waals surface area (Å²) in [5, 5.41) is 10.9. The third-order valence-electron chi connectivity index (χ3n) is 2.72. The molecular weight excluding hydrogens is 277 g/mol. The van der Waals surface area contributed by atoms with Gasteiger partial charge in [0.2, 0.25) is 0 Å². The lowest BCUT2D eigenvalue weighted by atomic mass is 10.1. The summed E-state index contributed by atoms with van der Waals surface area (Å²) in [6.45, 7) is 0.857. The Morgan fingerprint density at radius 1 is 1.40 bits per heavy atom. The lowest BCUT2D eigenvalue weighted by Crippen LogP contribution is -2.24. The summed E-state index contributed by atoms with van der Waals surface area (Å²) in [4.78, 5) is 22.6. The number of Topliss-reactive ketones (excluding diaryl/α,β-unsaturated/α-hetero) is 1. The van der Waals surface area contributed by atoms with E-state index in [1.54, 1.807) is 0 Å². The number of nitro groups is 1. The molecule has 20 heavy (non-hydrogen) atoms. The van der Waals surface area contributed by atoms with Gasteiger partial charge in [-0.15, -0.1) is 0 Å². The largest absolute Gasteiger partial charge is 0.390 e. The second-order valence-electron chi connectivity index (χ2n) is 4.30. The summed E-state index contributed by atoms with van der Waals surface area (Å²) in [6.07, 6.45) is -5.41. The van der Waals surface area contributed by atoms with Gasteiger partial charge in [0.05, 0.1) is 11.3 Å². The highest BCUT2D eigenvalue weighted by molar-refractivity contribution is 5.95. The lowest BCUT2D eigenvalue weighted by Gasteiger charge is -2.20. The number of ketones is 1. The van der Waals surface area contributed by atoms with E-state index in [-0.39, 0.29) is 22.7 Å². The van der Waals surface area contributed by atoms with Crippen LogP contribution in [0.3, 0.4) is 0 Å². The van der Waals surface area contributed by atoms with Crippen LogP contribution in [0.4, 0.5) is 24.5 Å². The molecule has 0 aliphatic rings. The number of hydrogen-bond acceptors (Lipinski definition) is 4. The smallest absolute Gasteiger partial charge is 0.369 e. The van der Waals surface area contributed by atoms with Crippen LogP contribution in [0, 0.1) is 10.1 Å². The molecule has 1 aromatic rings. The average molecular weight is 290 g/mol. The Balaban J connectivity index is 3.05. The molecule has 0 saturated heterocycles. The number of carbonyl (C=O) groups is 1. The highest BCUT2D eigenvalue weighted by Crippen LogP contribution is 2.30. The van der Waals surface area contributed by atoms with Crippen LogP contribution in [-0.2, 0) is 0 Å². The van der Waals surface area contributed by atoms with Crippen molar-refractivity contribution in [2.24, 2.45) is 0 Å². The van der Waals surface area contributed by atoms with Crippen molar-refractivity contribution in [3.63, 3.8) is 0 Å². The molecule has 110 valence electrons. The molecule has 0 spiro atoms. The van der Waals surface area contributed by atoms with E-state index in [0.717, 1.165) is 11.0 Å². The fourth-order valence-electron chi connectivity index (χ4n) is 1.63. The van der Waals surface area contributed by atoms with Crippen LogP contribution in [0.1, 0.15) is 23.7 Å². The normalized spacial score (nSPS) is 11.2. The van der Waals surface area contributed by atoms with E-state index in [1.807, 2.05) is 0 Å². The Morgan fingerprint density at radius 3 is 2.45 bits per heavy atom. The van der Waals surface area contributed by atoms with Gasteiger partial charge in [-0.05, 0) is 19.1 Å². The van der Waals surface area contributed by atoms with Crippen molar-refractivity contribution in [1.82, 2.24) is 0 Å². The minimum absolute atomic E-state index is 0.0456. The maximum Gasteiger partial charge on any atom is 0.390 e. The van der Waals surface area contributed by atoms with Gasteiger partial charge < -0.3 is 4.90 Å². The first-order valence-corrected chi connectivity index (χ1v) is 5.69. The molecule has 0 aliphatic heterocycles. The standard InChI is InChI=1S/C12H13F3N2O3/c1-8(18)9-3-4-10(11(7-9)17(19)20)16(2)6-5-12(13,14)15/h3-4,7H,5-6H2,1-2H3. The maximum absolute atomic E-state index is 12.2. The molecular formula is C12H13F3N2O3. The molecule has 0 saturated carbocycles. The summed E-state index contributed by atoms with van der Waals surface area (Å²) >= 11 is 0. The zero-order valence-electron chi connectivity index (χ0n) is 10.9. The Bertz CT molecular complexity index is 529. The van der Waals surface area contributed by atoms with E-state index in [0.29, 0.717) is 0 Å². The van der Waals surface area contributed by atoms with Crippen molar-refractivity contribution in [2.75, 3.05) is 18.5 Å². The van der Waals surface area contributed by atoms with Gasteiger partial charge in [0.1, 0.15) is 5.69 Å². The van der Waals surface area contributed by atoms with Crippen molar-refractivity contribution in [2.45, 2.75) is 19.5 Å². The molecule has 0 amide bonds. The molecule has 1 aromatic carbocycles. The fourth-order valence-corrected chi connectivity index (χ4v) is 1.63. The first-order valence-electron chi connectivity index (χ1n) is 5.69. The predicted octanol–water partition coefficient (Wildman–Crippen LogP) is 3.19. The van der Waals surface area contributed by atoms with Crippen LogP contribution in [0.25, 0.3) is 0 Å². The van der Waals surface area contributed by atoms with Crippen LogP contribution in [0.2, 0.25) is 0 Å². The molecule has 0 N–H and O–H groups in total. The van der Waals surface area contributed by atoms with Crippen molar-refractivity contribution in [1.29, 1.82) is 0 Å². The van der Waals surface area contributed by atoms with Crippen LogP contribution >= 0.6 is 0 Å². The zero-order valence-corrected chi connectivity index (χ0v) is 10.9. The summed E-state index contributed by atoms with van der Waals surface area (Å²) in [5.41, 5.74) is -0.198. The summed E-state index contributed by atoms with van der Waals surface area (Å²) in [6, 6.07) is 3.71. The SMILES string of the molecule is CC(=O)c1ccc(N(C)CCC(F)(F)F)c([N+](=O)[O-])c1. The second-order valence-corrected chi connectivity index (χ2v) is 4.30. The van der Waals surface area contributed by atoms with E-state index in [9.17, 15) is 28.1 Å². The second kappa shape index (κ2) is 5.89. The van der Waals surface area contributed by atoms with Gasteiger partial charge in [-0.25, -0.2) is 0 Å². The number of carbonyl (C=O) groups excluding carboxylic acids is 1. The van der Waals surface area contributed by atoms with Gasteiger partial charge in [0.15, 0.2) is 5.78 Å². The molecule has 8 heteroatoms. The highest BCUT2D eigenvalue weighted by atomic mass is 19.4. The van der Waals surface area contributed by atoms with Crippen molar-refractivity contribution in [3.8, 4) is 0 Å². The van der Waals surface area contributed by atoms with E-state index in [2.05, 4.69) is 0 Å². The van der Waals surface area contributed by atoms with Gasteiger partial charge in [-0.3, -0.25) is 14.9 Å². The lowest BCUT2D eigenvalue weighted by molar-refractivity contribution is -0.384. The van der Waals surface area contributed by atoms with Crippen LogP contribution < -0.4 is 4.90 Å². The molecule has 1 rings (SSSR count). The Kier molecular flexibility index (Phi) is 4.69. The summed E-state index contributed by atoms with van der Waals surface area (Å²) in [5.74, 6) is -0.349. The topological polar surface area (TPSA) is 63.5 Å². The predicted molar refractivity (Wildman–Crippen MR) is 67.0 cm³/mol. The third kappa shape index (κ3) is 4.22. The minimum Gasteiger partial charge on any atom is -0.369 e. The van der Waals surface area contributed by atoms with Crippen molar-refractivity contribution < 1.29 is 22.9 Å². The first kappa shape index (κ1) is 15.9. The maximum atomic E-state index is 12.2. The molecule has 5 nitrogen and oxygen atoms in total. The van der Waals surface area contributed by atoms with E-state index in [1.165, 1.54) is 26.1 Å². The van der Waals surface area contributed by atoms with Crippen molar-refractivity contribution >= 4 is 17.2 Å². The molecule has 0 aliphatic carbocycles. The molecule has 0 unspecified atom stereocenters. The quantitative estimate of drug-likeness (QED) is 0.474. The summed E-state index contributed by atoms with van der Waals surface area (Å²) in [7, 11) is 1.33. The minimum atomic E-state index is -4.33. The Hall–Kier alpha value is -2.12. The van der Waals surface area contributed by atoms with Crippen LogP contribution in [0.5, 0.6) is 0 Å². The number of hydrogen-bond donors (Lipinski definition) is 0. The summed E-state index contributed by atoms with van der Waals surface area (Å²) < 4.78 is 36.5. The van der Waals surface area contributed by atoms with Crippen LogP contribution in [-0.4, -0.2) is 30.5 Å². The third-order valence-corrected chi connectivity index (χ3v) is 2.72. The molecule has 0 aromatic heterocycles. The number of rotatable bonds is 5. The van der Waals surface area contributed by atoms with E-state index < -0.39 is 24.1 Å². The number of anilines is 1. The number of nitro benzene ring substituents is 1. The van der Waals surface area contributed by atoms with Gasteiger partial charge in [-0.1, -0.05) is 0 Å². The zero-order chi connectivity index (χ0) is 15.5. The first-order chi connectivity index (χ1) is 9.11. The highest BCUT2D eigenvalue weighted by Gasteiger charge is 2.28. The van der Waals surface area contributed by atoms with E-state index in [4.69, 9.17) is 0 Å². The molecule has 0 atom stereocenters. The van der Waals surface area contributed by atoms with Crippen LogP contribution in [0.15, 0.2) is 18.2 Å². The van der Waals surface area contributed by atoms with Gasteiger partial charge in [0, 0.05) is 25.2 Å². The number of alkyl halides is 3.